The minimum atomic E-state index is -0.0279. The van der Waals surface area contributed by atoms with Gasteiger partial charge in [-0.1, -0.05) is 29.8 Å². The third kappa shape index (κ3) is 2.02. The van der Waals surface area contributed by atoms with Crippen molar-refractivity contribution in [3.05, 3.63) is 64.4 Å². The lowest BCUT2D eigenvalue weighted by atomic mass is 9.91. The molecule has 1 heterocycles. The standard InChI is InChI=1S/C15H15ClN2/c16-12-5-1-3-11(9-12)14(17)13-7-6-10-4-2-8-18-15(10)13/h1-5,8-9,13-14H,6-7,17H2. The van der Waals surface area contributed by atoms with Gasteiger partial charge in [0.05, 0.1) is 0 Å². The third-order valence-electron chi connectivity index (χ3n) is 3.67. The molecule has 0 bridgehead atoms. The Labute approximate surface area is 112 Å². The third-order valence-corrected chi connectivity index (χ3v) is 3.90. The zero-order chi connectivity index (χ0) is 12.5. The number of halogens is 1. The number of aryl methyl sites for hydroxylation is 1. The molecule has 3 heteroatoms. The van der Waals surface area contributed by atoms with Crippen LogP contribution in [0, 0.1) is 0 Å². The van der Waals surface area contributed by atoms with Crippen LogP contribution in [0.25, 0.3) is 0 Å². The number of aromatic nitrogens is 1. The van der Waals surface area contributed by atoms with Crippen molar-refractivity contribution in [2.45, 2.75) is 24.8 Å². The lowest BCUT2D eigenvalue weighted by Gasteiger charge is -2.20. The summed E-state index contributed by atoms with van der Waals surface area (Å²) < 4.78 is 0. The van der Waals surface area contributed by atoms with Crippen LogP contribution in [0.1, 0.15) is 35.2 Å². The Morgan fingerprint density at radius 3 is 3.00 bits per heavy atom. The van der Waals surface area contributed by atoms with Gasteiger partial charge in [0.2, 0.25) is 0 Å². The predicted molar refractivity (Wildman–Crippen MR) is 73.7 cm³/mol. The number of rotatable bonds is 2. The minimum absolute atomic E-state index is 0.0279. The van der Waals surface area contributed by atoms with Gasteiger partial charge in [0.1, 0.15) is 0 Å². The van der Waals surface area contributed by atoms with Crippen LogP contribution in [0.3, 0.4) is 0 Å². The molecule has 18 heavy (non-hydrogen) atoms. The lowest BCUT2D eigenvalue weighted by Crippen LogP contribution is -2.18. The van der Waals surface area contributed by atoms with E-state index in [4.69, 9.17) is 17.3 Å². The van der Waals surface area contributed by atoms with Crippen LogP contribution in [-0.4, -0.2) is 4.98 Å². The average molecular weight is 259 g/mol. The van der Waals surface area contributed by atoms with Gasteiger partial charge in [0.25, 0.3) is 0 Å². The fourth-order valence-corrected chi connectivity index (χ4v) is 2.94. The maximum absolute atomic E-state index is 6.39. The summed E-state index contributed by atoms with van der Waals surface area (Å²) in [4.78, 5) is 4.50. The first-order valence-electron chi connectivity index (χ1n) is 6.20. The van der Waals surface area contributed by atoms with E-state index < -0.39 is 0 Å². The van der Waals surface area contributed by atoms with E-state index in [-0.39, 0.29) is 6.04 Å². The van der Waals surface area contributed by atoms with E-state index in [1.807, 2.05) is 36.5 Å². The number of benzene rings is 1. The molecule has 2 unspecified atom stereocenters. The van der Waals surface area contributed by atoms with Crippen molar-refractivity contribution >= 4 is 11.6 Å². The van der Waals surface area contributed by atoms with Crippen LogP contribution in [0.2, 0.25) is 5.02 Å². The second-order valence-corrected chi connectivity index (χ2v) is 5.21. The molecule has 1 aromatic carbocycles. The molecule has 0 spiro atoms. The fourth-order valence-electron chi connectivity index (χ4n) is 2.74. The molecule has 1 aliphatic rings. The van der Waals surface area contributed by atoms with Crippen LogP contribution in [0.4, 0.5) is 0 Å². The van der Waals surface area contributed by atoms with Crippen LogP contribution < -0.4 is 5.73 Å². The molecule has 0 saturated carbocycles. The summed E-state index contributed by atoms with van der Waals surface area (Å²) in [5, 5.41) is 0.738. The van der Waals surface area contributed by atoms with Gasteiger partial charge in [-0.3, -0.25) is 4.98 Å². The zero-order valence-corrected chi connectivity index (χ0v) is 10.8. The second kappa shape index (κ2) is 4.71. The van der Waals surface area contributed by atoms with Crippen molar-refractivity contribution in [1.29, 1.82) is 0 Å². The zero-order valence-electron chi connectivity index (χ0n) is 10.0. The molecule has 0 fully saturated rings. The minimum Gasteiger partial charge on any atom is -0.323 e. The van der Waals surface area contributed by atoms with Gasteiger partial charge in [-0.15, -0.1) is 0 Å². The summed E-state index contributed by atoms with van der Waals surface area (Å²) in [6, 6.07) is 11.9. The monoisotopic (exact) mass is 258 g/mol. The molecule has 1 aromatic heterocycles. The van der Waals surface area contributed by atoms with Crippen molar-refractivity contribution in [2.75, 3.05) is 0 Å². The van der Waals surface area contributed by atoms with E-state index in [1.165, 1.54) is 5.56 Å². The van der Waals surface area contributed by atoms with Gasteiger partial charge in [0.15, 0.2) is 0 Å². The highest BCUT2D eigenvalue weighted by Gasteiger charge is 2.29. The van der Waals surface area contributed by atoms with Gasteiger partial charge in [0, 0.05) is 28.9 Å². The number of nitrogens with two attached hydrogens (primary N) is 1. The van der Waals surface area contributed by atoms with E-state index in [0.29, 0.717) is 5.92 Å². The predicted octanol–water partition coefficient (Wildman–Crippen LogP) is 3.46. The molecular weight excluding hydrogens is 244 g/mol. The van der Waals surface area contributed by atoms with Crippen LogP contribution in [0.15, 0.2) is 42.6 Å². The van der Waals surface area contributed by atoms with Crippen LogP contribution in [-0.2, 0) is 6.42 Å². The Morgan fingerprint density at radius 2 is 2.17 bits per heavy atom. The second-order valence-electron chi connectivity index (χ2n) is 4.77. The summed E-state index contributed by atoms with van der Waals surface area (Å²) in [6.45, 7) is 0. The van der Waals surface area contributed by atoms with Gasteiger partial charge >= 0.3 is 0 Å². The fraction of sp³-hybridized carbons (Fsp3) is 0.267. The quantitative estimate of drug-likeness (QED) is 0.896. The SMILES string of the molecule is NC(c1cccc(Cl)c1)C1CCc2cccnc21. The van der Waals surface area contributed by atoms with Crippen molar-refractivity contribution in [3.63, 3.8) is 0 Å². The molecule has 2 N–H and O–H groups in total. The number of nitrogens with zero attached hydrogens (tertiary/aromatic N) is 1. The molecule has 92 valence electrons. The first kappa shape index (κ1) is 11.7. The van der Waals surface area contributed by atoms with Crippen LogP contribution >= 0.6 is 11.6 Å². The summed E-state index contributed by atoms with van der Waals surface area (Å²) in [7, 11) is 0. The highest BCUT2D eigenvalue weighted by Crippen LogP contribution is 2.39. The molecule has 2 aromatic rings. The van der Waals surface area contributed by atoms with E-state index >= 15 is 0 Å². The average Bonchev–Trinajstić information content (AvgIpc) is 2.82. The summed E-state index contributed by atoms with van der Waals surface area (Å²) in [5.74, 6) is 0.305. The molecule has 2 atom stereocenters. The molecule has 0 aliphatic heterocycles. The van der Waals surface area contributed by atoms with E-state index in [2.05, 4.69) is 11.1 Å². The topological polar surface area (TPSA) is 38.9 Å². The number of hydrogen-bond donors (Lipinski definition) is 1. The molecule has 1 aliphatic carbocycles. The van der Waals surface area contributed by atoms with Gasteiger partial charge in [-0.2, -0.15) is 0 Å². The molecule has 0 radical (unpaired) electrons. The lowest BCUT2D eigenvalue weighted by molar-refractivity contribution is 0.541. The normalized spacial score (nSPS) is 19.6. The van der Waals surface area contributed by atoms with E-state index in [0.717, 1.165) is 29.1 Å². The van der Waals surface area contributed by atoms with Crippen LogP contribution in [0.5, 0.6) is 0 Å². The number of pyridine rings is 1. The number of fused-ring (bicyclic) bond motifs is 1. The first-order valence-corrected chi connectivity index (χ1v) is 6.58. The maximum atomic E-state index is 6.39. The molecule has 0 saturated heterocycles. The Balaban J connectivity index is 1.93. The van der Waals surface area contributed by atoms with Crippen molar-refractivity contribution in [2.24, 2.45) is 5.73 Å². The summed E-state index contributed by atoms with van der Waals surface area (Å²) >= 11 is 6.02. The van der Waals surface area contributed by atoms with Crippen molar-refractivity contribution in [1.82, 2.24) is 4.98 Å². The highest BCUT2D eigenvalue weighted by molar-refractivity contribution is 6.30. The van der Waals surface area contributed by atoms with Crippen molar-refractivity contribution < 1.29 is 0 Å². The van der Waals surface area contributed by atoms with E-state index in [9.17, 15) is 0 Å². The Kier molecular flexibility index (Phi) is 3.06. The Bertz CT molecular complexity index is 568. The summed E-state index contributed by atoms with van der Waals surface area (Å²) in [5.41, 5.74) is 9.96. The van der Waals surface area contributed by atoms with E-state index in [1.54, 1.807) is 0 Å². The van der Waals surface area contributed by atoms with Gasteiger partial charge in [-0.25, -0.2) is 0 Å². The van der Waals surface area contributed by atoms with Crippen molar-refractivity contribution in [3.8, 4) is 0 Å². The molecule has 2 nitrogen and oxygen atoms in total. The molecule has 3 rings (SSSR count). The Morgan fingerprint density at radius 1 is 1.28 bits per heavy atom. The Hall–Kier alpha value is -1.38. The largest absolute Gasteiger partial charge is 0.323 e. The van der Waals surface area contributed by atoms with Gasteiger partial charge in [-0.05, 0) is 42.2 Å². The number of hydrogen-bond acceptors (Lipinski definition) is 2. The summed E-state index contributed by atoms with van der Waals surface area (Å²) in [6.07, 6.45) is 3.99. The van der Waals surface area contributed by atoms with Gasteiger partial charge < -0.3 is 5.73 Å². The maximum Gasteiger partial charge on any atom is 0.0485 e. The molecular formula is C15H15ClN2. The highest BCUT2D eigenvalue weighted by atomic mass is 35.5. The molecule has 0 amide bonds. The smallest absolute Gasteiger partial charge is 0.0485 e. The first-order chi connectivity index (χ1) is 8.75.